The van der Waals surface area contributed by atoms with Crippen molar-refractivity contribution >= 4 is 11.9 Å². The Morgan fingerprint density at radius 2 is 1.43 bits per heavy atom. The summed E-state index contributed by atoms with van der Waals surface area (Å²) >= 11 is 0. The number of aliphatic hydroxyl groups is 2. The van der Waals surface area contributed by atoms with Gasteiger partial charge >= 0.3 is 11.9 Å². The number of carbonyl (C=O) groups is 2. The van der Waals surface area contributed by atoms with Gasteiger partial charge in [0.15, 0.2) is 0 Å². The van der Waals surface area contributed by atoms with Crippen molar-refractivity contribution in [3.63, 3.8) is 0 Å². The van der Waals surface area contributed by atoms with Gasteiger partial charge in [0, 0.05) is 24.4 Å². The third-order valence-electron chi connectivity index (χ3n) is 7.00. The minimum atomic E-state index is -0.935. The third kappa shape index (κ3) is 5.03. The summed E-state index contributed by atoms with van der Waals surface area (Å²) in [6.07, 6.45) is 10.1. The summed E-state index contributed by atoms with van der Waals surface area (Å²) in [6, 6.07) is 0. The standard InChI is InChI=1S/C14H24O2.2C4H6O2/c15-8-6-13-5-3-11(10-13)12-2-1-4-14(12,13)7-9-16;2*1-3(2)4(5)6/h11-12,15-16H,1-10H2;2*1H2,2H3,(H,5,6). The van der Waals surface area contributed by atoms with Gasteiger partial charge < -0.3 is 20.4 Å². The number of aliphatic carboxylic acids is 2. The first-order chi connectivity index (χ1) is 13.1. The number of carboxylic acids is 2. The van der Waals surface area contributed by atoms with Gasteiger partial charge in [-0.05, 0) is 81.5 Å². The van der Waals surface area contributed by atoms with Crippen LogP contribution in [0.15, 0.2) is 24.3 Å². The van der Waals surface area contributed by atoms with E-state index in [-0.39, 0.29) is 11.1 Å². The van der Waals surface area contributed by atoms with Gasteiger partial charge in [0.1, 0.15) is 0 Å². The molecule has 3 fully saturated rings. The number of aliphatic hydroxyl groups excluding tert-OH is 2. The van der Waals surface area contributed by atoms with E-state index < -0.39 is 11.9 Å². The second-order valence-electron chi connectivity index (χ2n) is 8.56. The zero-order valence-electron chi connectivity index (χ0n) is 17.2. The molecule has 3 saturated carbocycles. The minimum Gasteiger partial charge on any atom is -0.478 e. The summed E-state index contributed by atoms with van der Waals surface area (Å²) in [7, 11) is 0. The molecule has 0 amide bonds. The number of fused-ring (bicyclic) bond motifs is 5. The Kier molecular flexibility index (Phi) is 8.89. The number of hydrogen-bond donors (Lipinski definition) is 4. The van der Waals surface area contributed by atoms with E-state index in [9.17, 15) is 19.8 Å². The molecule has 4 unspecified atom stereocenters. The quantitative estimate of drug-likeness (QED) is 0.510. The molecule has 0 spiro atoms. The molecule has 3 aliphatic rings. The van der Waals surface area contributed by atoms with Crippen molar-refractivity contribution in [2.75, 3.05) is 13.2 Å². The zero-order chi connectivity index (χ0) is 21.5. The van der Waals surface area contributed by atoms with Crippen LogP contribution in [0.5, 0.6) is 0 Å². The predicted molar refractivity (Wildman–Crippen MR) is 108 cm³/mol. The Morgan fingerprint density at radius 3 is 1.86 bits per heavy atom. The molecule has 0 aromatic carbocycles. The van der Waals surface area contributed by atoms with E-state index in [0.717, 1.165) is 24.7 Å². The van der Waals surface area contributed by atoms with Crippen LogP contribution in [-0.2, 0) is 9.59 Å². The average Bonchev–Trinajstić information content (AvgIpc) is 3.27. The lowest BCUT2D eigenvalue weighted by Gasteiger charge is -2.48. The molecular formula is C22H36O6. The molecule has 4 N–H and O–H groups in total. The van der Waals surface area contributed by atoms with Crippen molar-refractivity contribution < 1.29 is 30.0 Å². The van der Waals surface area contributed by atoms with Crippen LogP contribution >= 0.6 is 0 Å². The molecule has 4 atom stereocenters. The van der Waals surface area contributed by atoms with E-state index in [1.807, 2.05) is 0 Å². The SMILES string of the molecule is C=C(C)C(=O)O.C=C(C)C(=O)O.OCCC12CCC(C1)C1CCCC12CCO. The molecule has 0 aromatic rings. The Labute approximate surface area is 168 Å². The van der Waals surface area contributed by atoms with Gasteiger partial charge in [-0.3, -0.25) is 0 Å². The second-order valence-corrected chi connectivity index (χ2v) is 8.56. The van der Waals surface area contributed by atoms with Crippen molar-refractivity contribution in [2.45, 2.75) is 65.2 Å². The maximum atomic E-state index is 9.60. The van der Waals surface area contributed by atoms with Crippen molar-refractivity contribution in [3.05, 3.63) is 24.3 Å². The van der Waals surface area contributed by atoms with Crippen LogP contribution in [0.2, 0.25) is 0 Å². The largest absolute Gasteiger partial charge is 0.478 e. The topological polar surface area (TPSA) is 115 Å². The summed E-state index contributed by atoms with van der Waals surface area (Å²) in [5, 5.41) is 34.6. The van der Waals surface area contributed by atoms with E-state index in [0.29, 0.717) is 24.0 Å². The summed E-state index contributed by atoms with van der Waals surface area (Å²) < 4.78 is 0. The minimum absolute atomic E-state index is 0.176. The summed E-state index contributed by atoms with van der Waals surface area (Å²) in [6.45, 7) is 9.89. The van der Waals surface area contributed by atoms with Gasteiger partial charge in [-0.25, -0.2) is 9.59 Å². The van der Waals surface area contributed by atoms with Crippen LogP contribution in [-0.4, -0.2) is 45.6 Å². The monoisotopic (exact) mass is 396 g/mol. The Hall–Kier alpha value is -1.66. The summed E-state index contributed by atoms with van der Waals surface area (Å²) in [5.74, 6) is -0.0782. The van der Waals surface area contributed by atoms with Crippen molar-refractivity contribution in [1.29, 1.82) is 0 Å². The maximum Gasteiger partial charge on any atom is 0.330 e. The highest BCUT2D eigenvalue weighted by atomic mass is 16.4. The highest BCUT2D eigenvalue weighted by Crippen LogP contribution is 2.74. The van der Waals surface area contributed by atoms with Crippen LogP contribution in [0, 0.1) is 22.7 Å². The Morgan fingerprint density at radius 1 is 0.929 bits per heavy atom. The van der Waals surface area contributed by atoms with Gasteiger partial charge in [0.25, 0.3) is 0 Å². The van der Waals surface area contributed by atoms with E-state index in [1.165, 1.54) is 52.4 Å². The van der Waals surface area contributed by atoms with Gasteiger partial charge in [-0.15, -0.1) is 0 Å². The molecule has 6 heteroatoms. The first-order valence-corrected chi connectivity index (χ1v) is 10.1. The van der Waals surface area contributed by atoms with Crippen molar-refractivity contribution in [2.24, 2.45) is 22.7 Å². The van der Waals surface area contributed by atoms with Gasteiger partial charge in [-0.2, -0.15) is 0 Å². The Balaban J connectivity index is 0.000000274. The predicted octanol–water partition coefficient (Wildman–Crippen LogP) is 3.63. The Bertz CT molecular complexity index is 550. The van der Waals surface area contributed by atoms with Crippen LogP contribution in [0.4, 0.5) is 0 Å². The zero-order valence-corrected chi connectivity index (χ0v) is 17.2. The first kappa shape index (κ1) is 24.4. The molecule has 0 heterocycles. The highest BCUT2D eigenvalue weighted by Gasteiger charge is 2.66. The molecule has 28 heavy (non-hydrogen) atoms. The van der Waals surface area contributed by atoms with Crippen LogP contribution in [0.25, 0.3) is 0 Å². The van der Waals surface area contributed by atoms with Crippen molar-refractivity contribution in [3.8, 4) is 0 Å². The molecule has 0 aromatic heterocycles. The average molecular weight is 397 g/mol. The number of carboxylic acid groups (broad SMARTS) is 2. The first-order valence-electron chi connectivity index (χ1n) is 10.1. The molecule has 0 aliphatic heterocycles. The summed E-state index contributed by atoms with van der Waals surface area (Å²) in [4.78, 5) is 19.2. The van der Waals surface area contributed by atoms with Crippen LogP contribution < -0.4 is 0 Å². The van der Waals surface area contributed by atoms with Crippen molar-refractivity contribution in [1.82, 2.24) is 0 Å². The molecular weight excluding hydrogens is 360 g/mol. The summed E-state index contributed by atoms with van der Waals surface area (Å²) in [5.41, 5.74) is 1.16. The molecule has 6 nitrogen and oxygen atoms in total. The molecule has 3 aliphatic carbocycles. The highest BCUT2D eigenvalue weighted by molar-refractivity contribution is 5.85. The fraction of sp³-hybridized carbons (Fsp3) is 0.727. The maximum absolute atomic E-state index is 9.60. The van der Waals surface area contributed by atoms with Gasteiger partial charge in [-0.1, -0.05) is 19.6 Å². The molecule has 2 bridgehead atoms. The normalized spacial score (nSPS) is 31.7. The fourth-order valence-electron chi connectivity index (χ4n) is 5.87. The van der Waals surface area contributed by atoms with Crippen LogP contribution in [0.1, 0.15) is 65.2 Å². The molecule has 160 valence electrons. The van der Waals surface area contributed by atoms with E-state index in [4.69, 9.17) is 10.2 Å². The number of rotatable bonds is 6. The molecule has 0 saturated heterocycles. The molecule has 3 rings (SSSR count). The van der Waals surface area contributed by atoms with E-state index in [1.54, 1.807) is 0 Å². The lowest BCUT2D eigenvalue weighted by molar-refractivity contribution is -0.133. The second kappa shape index (κ2) is 10.2. The lowest BCUT2D eigenvalue weighted by atomic mass is 9.57. The van der Waals surface area contributed by atoms with Gasteiger partial charge in [0.05, 0.1) is 0 Å². The smallest absolute Gasteiger partial charge is 0.330 e. The fourth-order valence-corrected chi connectivity index (χ4v) is 5.87. The molecule has 0 radical (unpaired) electrons. The van der Waals surface area contributed by atoms with Crippen LogP contribution in [0.3, 0.4) is 0 Å². The number of hydrogen-bond acceptors (Lipinski definition) is 4. The lowest BCUT2D eigenvalue weighted by Crippen LogP contribution is -2.42. The van der Waals surface area contributed by atoms with Gasteiger partial charge in [0.2, 0.25) is 0 Å². The van der Waals surface area contributed by atoms with E-state index >= 15 is 0 Å². The third-order valence-corrected chi connectivity index (χ3v) is 7.00. The van der Waals surface area contributed by atoms with E-state index in [2.05, 4.69) is 13.2 Å².